The minimum absolute atomic E-state index is 0.202. The van der Waals surface area contributed by atoms with Gasteiger partial charge in [-0.3, -0.25) is 4.79 Å². The second-order valence-electron chi connectivity index (χ2n) is 4.28. The van der Waals surface area contributed by atoms with Crippen LogP contribution in [0.4, 0.5) is 0 Å². The zero-order valence-electron chi connectivity index (χ0n) is 10.00. The first-order chi connectivity index (χ1) is 7.89. The van der Waals surface area contributed by atoms with Gasteiger partial charge in [-0.1, -0.05) is 17.7 Å². The number of carbonyl (C=O) groups excluding carboxylic acids is 1. The highest BCUT2D eigenvalue weighted by Gasteiger charge is 2.20. The van der Waals surface area contributed by atoms with Crippen LogP contribution in [0, 0.1) is 0 Å². The minimum Gasteiger partial charge on any atom is -0.492 e. The molecule has 0 heterocycles. The van der Waals surface area contributed by atoms with Crippen LogP contribution in [0.2, 0.25) is 5.02 Å². The van der Waals surface area contributed by atoms with E-state index in [9.17, 15) is 4.79 Å². The van der Waals surface area contributed by atoms with Gasteiger partial charge in [0.2, 0.25) is 5.91 Å². The average molecular weight is 257 g/mol. The summed E-state index contributed by atoms with van der Waals surface area (Å²) in [4.78, 5) is 11.4. The molecule has 1 amide bonds. The van der Waals surface area contributed by atoms with E-state index in [-0.39, 0.29) is 5.91 Å². The minimum atomic E-state index is -0.865. The maximum absolute atomic E-state index is 11.4. The Labute approximate surface area is 106 Å². The third-order valence-corrected chi connectivity index (χ3v) is 2.27. The Kier molecular flexibility index (Phi) is 4.78. The highest BCUT2D eigenvalue weighted by Crippen LogP contribution is 2.16. The standard InChI is InChI=1S/C12H17ClN2O2/c1-12(2,14)11(16)15-6-7-17-10-5-3-4-9(13)8-10/h3-5,8H,6-7,14H2,1-2H3,(H,15,16). The van der Waals surface area contributed by atoms with E-state index in [1.165, 1.54) is 0 Å². The highest BCUT2D eigenvalue weighted by atomic mass is 35.5. The number of ether oxygens (including phenoxy) is 1. The number of nitrogens with two attached hydrogens (primary N) is 1. The molecule has 3 N–H and O–H groups in total. The first-order valence-corrected chi connectivity index (χ1v) is 5.73. The van der Waals surface area contributed by atoms with Crippen molar-refractivity contribution in [1.82, 2.24) is 5.32 Å². The van der Waals surface area contributed by atoms with E-state index >= 15 is 0 Å². The molecule has 0 spiro atoms. The number of hydrogen-bond donors (Lipinski definition) is 2. The zero-order chi connectivity index (χ0) is 12.9. The lowest BCUT2D eigenvalue weighted by Crippen LogP contribution is -2.49. The van der Waals surface area contributed by atoms with Gasteiger partial charge >= 0.3 is 0 Å². The molecule has 0 unspecified atom stereocenters. The maximum Gasteiger partial charge on any atom is 0.239 e. The first kappa shape index (κ1) is 13.8. The molecule has 0 aromatic heterocycles. The molecule has 0 bridgehead atoms. The van der Waals surface area contributed by atoms with E-state index in [0.717, 1.165) is 0 Å². The fraction of sp³-hybridized carbons (Fsp3) is 0.417. The normalized spacial score (nSPS) is 11.1. The predicted octanol–water partition coefficient (Wildman–Crippen LogP) is 1.57. The smallest absolute Gasteiger partial charge is 0.239 e. The third kappa shape index (κ3) is 5.06. The summed E-state index contributed by atoms with van der Waals surface area (Å²) in [5, 5.41) is 3.31. The quantitative estimate of drug-likeness (QED) is 0.786. The van der Waals surface area contributed by atoms with E-state index < -0.39 is 5.54 Å². The van der Waals surface area contributed by atoms with E-state index in [0.29, 0.717) is 23.9 Å². The van der Waals surface area contributed by atoms with Gasteiger partial charge in [-0.2, -0.15) is 0 Å². The van der Waals surface area contributed by atoms with Crippen LogP contribution in [0.15, 0.2) is 24.3 Å². The molecule has 0 radical (unpaired) electrons. The van der Waals surface area contributed by atoms with E-state index in [2.05, 4.69) is 5.32 Å². The average Bonchev–Trinajstić information content (AvgIpc) is 2.23. The van der Waals surface area contributed by atoms with Crippen molar-refractivity contribution in [3.63, 3.8) is 0 Å². The number of amides is 1. The fourth-order valence-electron chi connectivity index (χ4n) is 1.12. The maximum atomic E-state index is 11.4. The molecule has 1 aromatic carbocycles. The summed E-state index contributed by atoms with van der Waals surface area (Å²) < 4.78 is 5.41. The van der Waals surface area contributed by atoms with Gasteiger partial charge in [-0.25, -0.2) is 0 Å². The van der Waals surface area contributed by atoms with Crippen LogP contribution in [-0.2, 0) is 4.79 Å². The molecule has 0 saturated carbocycles. The van der Waals surface area contributed by atoms with Gasteiger partial charge in [0.1, 0.15) is 12.4 Å². The monoisotopic (exact) mass is 256 g/mol. The lowest BCUT2D eigenvalue weighted by atomic mass is 10.1. The van der Waals surface area contributed by atoms with Gasteiger partial charge in [0.25, 0.3) is 0 Å². The van der Waals surface area contributed by atoms with E-state index in [1.807, 2.05) is 0 Å². The van der Waals surface area contributed by atoms with Crippen molar-refractivity contribution in [2.24, 2.45) is 5.73 Å². The number of carbonyl (C=O) groups is 1. The van der Waals surface area contributed by atoms with Crippen LogP contribution in [0.25, 0.3) is 0 Å². The summed E-state index contributed by atoms with van der Waals surface area (Å²) in [6.07, 6.45) is 0. The first-order valence-electron chi connectivity index (χ1n) is 5.35. The number of rotatable bonds is 5. The van der Waals surface area contributed by atoms with Crippen molar-refractivity contribution in [2.75, 3.05) is 13.2 Å². The Balaban J connectivity index is 2.28. The molecule has 0 fully saturated rings. The molecule has 4 nitrogen and oxygen atoms in total. The highest BCUT2D eigenvalue weighted by molar-refractivity contribution is 6.30. The molecule has 1 rings (SSSR count). The molecule has 5 heteroatoms. The number of nitrogens with one attached hydrogen (secondary N) is 1. The summed E-state index contributed by atoms with van der Waals surface area (Å²) in [5.41, 5.74) is 4.76. The summed E-state index contributed by atoms with van der Waals surface area (Å²) in [5.74, 6) is 0.478. The lowest BCUT2D eigenvalue weighted by molar-refractivity contribution is -0.125. The molecule has 0 aliphatic heterocycles. The molecule has 0 atom stereocenters. The topological polar surface area (TPSA) is 64.4 Å². The molecular weight excluding hydrogens is 240 g/mol. The van der Waals surface area contributed by atoms with E-state index in [4.69, 9.17) is 22.1 Å². The number of hydrogen-bond acceptors (Lipinski definition) is 3. The van der Waals surface area contributed by atoms with Crippen LogP contribution in [-0.4, -0.2) is 24.6 Å². The molecule has 0 saturated heterocycles. The van der Waals surface area contributed by atoms with Gasteiger partial charge in [0.15, 0.2) is 0 Å². The summed E-state index contributed by atoms with van der Waals surface area (Å²) in [7, 11) is 0. The largest absolute Gasteiger partial charge is 0.492 e. The van der Waals surface area contributed by atoms with Gasteiger partial charge in [0.05, 0.1) is 12.1 Å². The fourth-order valence-corrected chi connectivity index (χ4v) is 1.30. The Hall–Kier alpha value is -1.26. The van der Waals surface area contributed by atoms with Crippen LogP contribution in [0.3, 0.4) is 0 Å². The van der Waals surface area contributed by atoms with Crippen molar-refractivity contribution in [3.8, 4) is 5.75 Å². The van der Waals surface area contributed by atoms with E-state index in [1.54, 1.807) is 38.1 Å². The van der Waals surface area contributed by atoms with Gasteiger partial charge in [-0.15, -0.1) is 0 Å². The second-order valence-corrected chi connectivity index (χ2v) is 4.72. The van der Waals surface area contributed by atoms with Crippen LogP contribution < -0.4 is 15.8 Å². The van der Waals surface area contributed by atoms with Gasteiger partial charge < -0.3 is 15.8 Å². The Morgan fingerprint density at radius 1 is 1.53 bits per heavy atom. The van der Waals surface area contributed by atoms with Crippen molar-refractivity contribution in [3.05, 3.63) is 29.3 Å². The molecular formula is C12H17ClN2O2. The van der Waals surface area contributed by atoms with Crippen LogP contribution in [0.1, 0.15) is 13.8 Å². The predicted molar refractivity (Wildman–Crippen MR) is 68.2 cm³/mol. The summed E-state index contributed by atoms with van der Waals surface area (Å²) in [6, 6.07) is 7.10. The number of benzene rings is 1. The molecule has 94 valence electrons. The summed E-state index contributed by atoms with van der Waals surface area (Å²) in [6.45, 7) is 4.09. The van der Waals surface area contributed by atoms with Gasteiger partial charge in [-0.05, 0) is 32.0 Å². The van der Waals surface area contributed by atoms with Crippen molar-refractivity contribution < 1.29 is 9.53 Å². The number of halogens is 1. The summed E-state index contributed by atoms with van der Waals surface area (Å²) >= 11 is 5.80. The second kappa shape index (κ2) is 5.89. The molecule has 17 heavy (non-hydrogen) atoms. The van der Waals surface area contributed by atoms with Crippen molar-refractivity contribution >= 4 is 17.5 Å². The molecule has 0 aliphatic rings. The van der Waals surface area contributed by atoms with Crippen molar-refractivity contribution in [1.29, 1.82) is 0 Å². The third-order valence-electron chi connectivity index (χ3n) is 2.04. The van der Waals surface area contributed by atoms with Crippen LogP contribution in [0.5, 0.6) is 5.75 Å². The lowest BCUT2D eigenvalue weighted by Gasteiger charge is -2.17. The molecule has 0 aliphatic carbocycles. The Bertz CT molecular complexity index is 388. The molecule has 1 aromatic rings. The van der Waals surface area contributed by atoms with Gasteiger partial charge in [0, 0.05) is 5.02 Å². The SMILES string of the molecule is CC(C)(N)C(=O)NCCOc1cccc(Cl)c1. The Morgan fingerprint density at radius 2 is 2.24 bits per heavy atom. The van der Waals surface area contributed by atoms with Crippen LogP contribution >= 0.6 is 11.6 Å². The van der Waals surface area contributed by atoms with Crippen molar-refractivity contribution in [2.45, 2.75) is 19.4 Å². The zero-order valence-corrected chi connectivity index (χ0v) is 10.8. The Morgan fingerprint density at radius 3 is 2.82 bits per heavy atom.